The first-order valence-electron chi connectivity index (χ1n) is 8.00. The Balaban J connectivity index is 1.85. The Morgan fingerprint density at radius 3 is 2.15 bits per heavy atom. The van der Waals surface area contributed by atoms with Crippen molar-refractivity contribution < 1.29 is 0 Å². The third kappa shape index (κ3) is 4.32. The molecule has 2 nitrogen and oxygen atoms in total. The Morgan fingerprint density at radius 1 is 1.10 bits per heavy atom. The number of piperidine rings is 1. The molecule has 0 saturated carbocycles. The van der Waals surface area contributed by atoms with Crippen molar-refractivity contribution in [3.63, 3.8) is 0 Å². The van der Waals surface area contributed by atoms with Crippen LogP contribution in [0.1, 0.15) is 44.7 Å². The molecule has 0 aliphatic carbocycles. The van der Waals surface area contributed by atoms with E-state index >= 15 is 0 Å². The normalized spacial score (nSPS) is 19.4. The molecule has 1 N–H and O–H groups in total. The largest absolute Gasteiger partial charge is 0.314 e. The molecule has 0 aromatic heterocycles. The summed E-state index contributed by atoms with van der Waals surface area (Å²) in [5.41, 5.74) is 3.26. The quantitative estimate of drug-likeness (QED) is 0.884. The van der Waals surface area contributed by atoms with E-state index in [0.717, 1.165) is 12.5 Å². The van der Waals surface area contributed by atoms with Crippen LogP contribution in [-0.2, 0) is 13.0 Å². The molecule has 20 heavy (non-hydrogen) atoms. The van der Waals surface area contributed by atoms with E-state index < -0.39 is 0 Å². The van der Waals surface area contributed by atoms with E-state index in [1.165, 1.54) is 43.5 Å². The molecule has 1 fully saturated rings. The standard InChI is InChI=1S/C18H30N2/c1-15(2)13-16-5-7-17(8-6-16)14-20-11-9-18(3,19-4)10-12-20/h5-8,15,19H,9-14H2,1-4H3. The van der Waals surface area contributed by atoms with Crippen LogP contribution in [0.2, 0.25) is 0 Å². The molecule has 0 amide bonds. The molecule has 0 atom stereocenters. The van der Waals surface area contributed by atoms with Gasteiger partial charge < -0.3 is 5.32 Å². The summed E-state index contributed by atoms with van der Waals surface area (Å²) < 4.78 is 0. The molecular weight excluding hydrogens is 244 g/mol. The maximum absolute atomic E-state index is 3.46. The predicted octanol–water partition coefficient (Wildman–Crippen LogP) is 3.46. The number of rotatable bonds is 5. The smallest absolute Gasteiger partial charge is 0.0233 e. The van der Waals surface area contributed by atoms with E-state index in [9.17, 15) is 0 Å². The second-order valence-corrected chi connectivity index (χ2v) is 7.00. The average Bonchev–Trinajstić information content (AvgIpc) is 2.43. The van der Waals surface area contributed by atoms with Crippen molar-refractivity contribution in [2.75, 3.05) is 20.1 Å². The Bertz CT molecular complexity index is 400. The van der Waals surface area contributed by atoms with Crippen molar-refractivity contribution in [3.8, 4) is 0 Å². The topological polar surface area (TPSA) is 15.3 Å². The third-order valence-electron chi connectivity index (χ3n) is 4.64. The Labute approximate surface area is 124 Å². The van der Waals surface area contributed by atoms with E-state index in [-0.39, 0.29) is 0 Å². The van der Waals surface area contributed by atoms with E-state index in [2.05, 4.69) is 62.3 Å². The van der Waals surface area contributed by atoms with Crippen molar-refractivity contribution in [2.24, 2.45) is 5.92 Å². The summed E-state index contributed by atoms with van der Waals surface area (Å²) in [4.78, 5) is 2.58. The van der Waals surface area contributed by atoms with E-state index in [1.54, 1.807) is 0 Å². The minimum absolute atomic E-state index is 0.345. The van der Waals surface area contributed by atoms with Gasteiger partial charge in [0.2, 0.25) is 0 Å². The summed E-state index contributed by atoms with van der Waals surface area (Å²) in [6, 6.07) is 9.22. The van der Waals surface area contributed by atoms with Crippen molar-refractivity contribution >= 4 is 0 Å². The summed E-state index contributed by atoms with van der Waals surface area (Å²) in [6.45, 7) is 10.4. The predicted molar refractivity (Wildman–Crippen MR) is 87.0 cm³/mol. The van der Waals surface area contributed by atoms with Crippen LogP contribution in [0.4, 0.5) is 0 Å². The lowest BCUT2D eigenvalue weighted by atomic mass is 9.89. The van der Waals surface area contributed by atoms with Crippen LogP contribution in [0, 0.1) is 5.92 Å². The Morgan fingerprint density at radius 2 is 1.65 bits per heavy atom. The highest BCUT2D eigenvalue weighted by Gasteiger charge is 2.27. The first-order valence-corrected chi connectivity index (χ1v) is 8.00. The van der Waals surface area contributed by atoms with Gasteiger partial charge in [-0.25, -0.2) is 0 Å². The number of hydrogen-bond donors (Lipinski definition) is 1. The van der Waals surface area contributed by atoms with Gasteiger partial charge in [-0.05, 0) is 50.3 Å². The molecule has 0 spiro atoms. The molecule has 1 saturated heterocycles. The Hall–Kier alpha value is -0.860. The molecule has 2 heteroatoms. The van der Waals surface area contributed by atoms with Crippen molar-refractivity contribution in [2.45, 2.75) is 52.1 Å². The zero-order chi connectivity index (χ0) is 14.6. The molecule has 1 aliphatic rings. The van der Waals surface area contributed by atoms with Crippen LogP contribution >= 0.6 is 0 Å². The SMILES string of the molecule is CNC1(C)CCN(Cc2ccc(CC(C)C)cc2)CC1. The molecule has 112 valence electrons. The average molecular weight is 274 g/mol. The molecule has 0 radical (unpaired) electrons. The summed E-state index contributed by atoms with van der Waals surface area (Å²) in [7, 11) is 2.09. The minimum atomic E-state index is 0.345. The van der Waals surface area contributed by atoms with Gasteiger partial charge in [-0.15, -0.1) is 0 Å². The molecule has 1 heterocycles. The fourth-order valence-corrected chi connectivity index (χ4v) is 2.97. The first-order chi connectivity index (χ1) is 9.50. The van der Waals surface area contributed by atoms with Crippen LogP contribution in [0.25, 0.3) is 0 Å². The van der Waals surface area contributed by atoms with Crippen molar-refractivity contribution in [1.29, 1.82) is 0 Å². The van der Waals surface area contributed by atoms with Crippen molar-refractivity contribution in [3.05, 3.63) is 35.4 Å². The highest BCUT2D eigenvalue weighted by molar-refractivity contribution is 5.23. The van der Waals surface area contributed by atoms with Crippen LogP contribution < -0.4 is 5.32 Å². The molecular formula is C18H30N2. The maximum atomic E-state index is 3.46. The second-order valence-electron chi connectivity index (χ2n) is 7.00. The lowest BCUT2D eigenvalue weighted by molar-refractivity contribution is 0.146. The molecule has 1 aromatic carbocycles. The van der Waals surface area contributed by atoms with Gasteiger partial charge in [0.1, 0.15) is 0 Å². The number of likely N-dealkylation sites (tertiary alicyclic amines) is 1. The lowest BCUT2D eigenvalue weighted by Crippen LogP contribution is -2.49. The van der Waals surface area contributed by atoms with Gasteiger partial charge in [0.15, 0.2) is 0 Å². The van der Waals surface area contributed by atoms with Gasteiger partial charge in [-0.2, -0.15) is 0 Å². The highest BCUT2D eigenvalue weighted by Crippen LogP contribution is 2.22. The fraction of sp³-hybridized carbons (Fsp3) is 0.667. The third-order valence-corrected chi connectivity index (χ3v) is 4.64. The second kappa shape index (κ2) is 6.73. The van der Waals surface area contributed by atoms with Gasteiger partial charge in [0.25, 0.3) is 0 Å². The van der Waals surface area contributed by atoms with E-state index in [0.29, 0.717) is 5.54 Å². The van der Waals surface area contributed by atoms with Crippen LogP contribution in [0.5, 0.6) is 0 Å². The zero-order valence-corrected chi connectivity index (χ0v) is 13.6. The van der Waals surface area contributed by atoms with Crippen LogP contribution in [0.3, 0.4) is 0 Å². The number of nitrogens with one attached hydrogen (secondary N) is 1. The number of nitrogens with zero attached hydrogens (tertiary/aromatic N) is 1. The summed E-state index contributed by atoms with van der Waals surface area (Å²) in [5.74, 6) is 0.738. The summed E-state index contributed by atoms with van der Waals surface area (Å²) in [6.07, 6.45) is 3.67. The van der Waals surface area contributed by atoms with Crippen LogP contribution in [-0.4, -0.2) is 30.6 Å². The fourth-order valence-electron chi connectivity index (χ4n) is 2.97. The van der Waals surface area contributed by atoms with Crippen LogP contribution in [0.15, 0.2) is 24.3 Å². The Kier molecular flexibility index (Phi) is 5.22. The molecule has 1 aliphatic heterocycles. The first kappa shape index (κ1) is 15.5. The minimum Gasteiger partial charge on any atom is -0.314 e. The number of benzene rings is 1. The zero-order valence-electron chi connectivity index (χ0n) is 13.6. The van der Waals surface area contributed by atoms with Gasteiger partial charge in [0.05, 0.1) is 0 Å². The molecule has 2 rings (SSSR count). The van der Waals surface area contributed by atoms with Gasteiger partial charge >= 0.3 is 0 Å². The highest BCUT2D eigenvalue weighted by atomic mass is 15.1. The summed E-state index contributed by atoms with van der Waals surface area (Å²) >= 11 is 0. The van der Waals surface area contributed by atoms with E-state index in [1.807, 2.05) is 0 Å². The molecule has 0 unspecified atom stereocenters. The van der Waals surface area contributed by atoms with Gasteiger partial charge in [-0.1, -0.05) is 38.1 Å². The van der Waals surface area contributed by atoms with Gasteiger partial charge in [-0.3, -0.25) is 4.90 Å². The molecule has 0 bridgehead atoms. The van der Waals surface area contributed by atoms with Gasteiger partial charge in [0, 0.05) is 25.2 Å². The molecule has 1 aromatic rings. The maximum Gasteiger partial charge on any atom is 0.0233 e. The summed E-state index contributed by atoms with van der Waals surface area (Å²) in [5, 5.41) is 3.46. The van der Waals surface area contributed by atoms with Crippen molar-refractivity contribution in [1.82, 2.24) is 10.2 Å². The number of hydrogen-bond acceptors (Lipinski definition) is 2. The monoisotopic (exact) mass is 274 g/mol. The van der Waals surface area contributed by atoms with E-state index in [4.69, 9.17) is 0 Å². The lowest BCUT2D eigenvalue weighted by Gasteiger charge is -2.39.